The number of pyridine rings is 1. The van der Waals surface area contributed by atoms with Gasteiger partial charge in [0.05, 0.1) is 22.0 Å². The van der Waals surface area contributed by atoms with E-state index < -0.39 is 10.0 Å². The maximum absolute atomic E-state index is 12.8. The van der Waals surface area contributed by atoms with Gasteiger partial charge in [0.1, 0.15) is 0 Å². The topological polar surface area (TPSA) is 79.0 Å². The second-order valence-electron chi connectivity index (χ2n) is 5.98. The first-order valence-electron chi connectivity index (χ1n) is 7.65. The minimum Gasteiger partial charge on any atom is -0.261 e. The van der Waals surface area contributed by atoms with Crippen LogP contribution in [0.2, 0.25) is 10.0 Å². The molecule has 1 aromatic carbocycles. The lowest BCUT2D eigenvalue weighted by molar-refractivity contribution is 0.391. The van der Waals surface area contributed by atoms with E-state index in [1.165, 1.54) is 4.31 Å². The largest absolute Gasteiger partial charge is 0.261 e. The van der Waals surface area contributed by atoms with Gasteiger partial charge in [-0.25, -0.2) is 13.4 Å². The second kappa shape index (κ2) is 6.25. The summed E-state index contributed by atoms with van der Waals surface area (Å²) >= 11 is 11.9. The molecular weight excluding hydrogens is 383 g/mol. The fourth-order valence-electron chi connectivity index (χ4n) is 3.10. The lowest BCUT2D eigenvalue weighted by Gasteiger charge is -2.28. The highest BCUT2D eigenvalue weighted by atomic mass is 35.5. The van der Waals surface area contributed by atoms with Gasteiger partial charge in [-0.05, 0) is 35.2 Å². The van der Waals surface area contributed by atoms with Crippen molar-refractivity contribution in [3.63, 3.8) is 0 Å². The molecule has 0 atom stereocenters. The SMILES string of the molecule is O=S(=O)(Cc1ccc(Cl)c(Cl)c1)N1CCc2c(cnc3[nH]ncc23)C1. The van der Waals surface area contributed by atoms with Gasteiger partial charge in [0.15, 0.2) is 5.65 Å². The van der Waals surface area contributed by atoms with Crippen LogP contribution in [0.4, 0.5) is 0 Å². The Hall–Kier alpha value is -1.67. The van der Waals surface area contributed by atoms with E-state index in [1.54, 1.807) is 30.6 Å². The Morgan fingerprint density at radius 2 is 2.04 bits per heavy atom. The third-order valence-corrected chi connectivity index (χ3v) is 6.90. The highest BCUT2D eigenvalue weighted by Crippen LogP contribution is 2.28. The summed E-state index contributed by atoms with van der Waals surface area (Å²) in [5.41, 5.74) is 3.37. The Kier molecular flexibility index (Phi) is 4.19. The molecule has 0 saturated carbocycles. The number of sulfonamides is 1. The van der Waals surface area contributed by atoms with E-state index in [9.17, 15) is 8.42 Å². The summed E-state index contributed by atoms with van der Waals surface area (Å²) in [6, 6.07) is 4.88. The Labute approximate surface area is 154 Å². The maximum Gasteiger partial charge on any atom is 0.218 e. The van der Waals surface area contributed by atoms with Gasteiger partial charge in [0.25, 0.3) is 0 Å². The van der Waals surface area contributed by atoms with Crippen molar-refractivity contribution in [2.24, 2.45) is 0 Å². The molecule has 130 valence electrons. The molecule has 0 radical (unpaired) electrons. The summed E-state index contributed by atoms with van der Waals surface area (Å²) in [5, 5.41) is 8.56. The van der Waals surface area contributed by atoms with Gasteiger partial charge in [-0.3, -0.25) is 5.10 Å². The lowest BCUT2D eigenvalue weighted by Crippen LogP contribution is -2.36. The highest BCUT2D eigenvalue weighted by Gasteiger charge is 2.28. The zero-order valence-electron chi connectivity index (χ0n) is 13.0. The van der Waals surface area contributed by atoms with E-state index in [0.29, 0.717) is 35.1 Å². The zero-order chi connectivity index (χ0) is 17.6. The second-order valence-corrected chi connectivity index (χ2v) is 8.77. The molecule has 6 nitrogen and oxygen atoms in total. The minimum atomic E-state index is -3.47. The van der Waals surface area contributed by atoms with Gasteiger partial charge >= 0.3 is 0 Å². The van der Waals surface area contributed by atoms with E-state index in [2.05, 4.69) is 15.2 Å². The average molecular weight is 397 g/mol. The van der Waals surface area contributed by atoms with Crippen LogP contribution in [0.5, 0.6) is 0 Å². The summed E-state index contributed by atoms with van der Waals surface area (Å²) < 4.78 is 27.1. The van der Waals surface area contributed by atoms with Crippen molar-refractivity contribution in [3.05, 3.63) is 57.3 Å². The van der Waals surface area contributed by atoms with E-state index in [-0.39, 0.29) is 5.75 Å². The summed E-state index contributed by atoms with van der Waals surface area (Å²) in [6.07, 6.45) is 4.09. The standard InChI is InChI=1S/C16H14Cl2N4O2S/c17-14-2-1-10(5-15(14)18)9-25(23,24)22-4-3-12-11(8-22)6-19-16-13(12)7-20-21-16/h1-2,5-7H,3-4,8-9H2,(H,19,20,21). The Morgan fingerprint density at radius 3 is 2.84 bits per heavy atom. The molecule has 3 heterocycles. The maximum atomic E-state index is 12.8. The Bertz CT molecular complexity index is 1070. The van der Waals surface area contributed by atoms with Crippen molar-refractivity contribution in [1.82, 2.24) is 19.5 Å². The van der Waals surface area contributed by atoms with E-state index in [0.717, 1.165) is 22.2 Å². The van der Waals surface area contributed by atoms with Crippen LogP contribution in [0.1, 0.15) is 16.7 Å². The lowest BCUT2D eigenvalue weighted by atomic mass is 10.0. The molecule has 0 aliphatic carbocycles. The normalized spacial score (nSPS) is 15.4. The van der Waals surface area contributed by atoms with Gasteiger partial charge < -0.3 is 0 Å². The first-order valence-corrected chi connectivity index (χ1v) is 10.0. The number of benzene rings is 1. The van der Waals surface area contributed by atoms with Crippen molar-refractivity contribution in [3.8, 4) is 0 Å². The predicted molar refractivity (Wildman–Crippen MR) is 97.1 cm³/mol. The van der Waals surface area contributed by atoms with Crippen LogP contribution in [-0.4, -0.2) is 34.4 Å². The third-order valence-electron chi connectivity index (χ3n) is 4.37. The number of nitrogens with zero attached hydrogens (tertiary/aromatic N) is 3. The molecule has 3 aromatic rings. The molecule has 1 N–H and O–H groups in total. The van der Waals surface area contributed by atoms with Gasteiger partial charge in [-0.15, -0.1) is 0 Å². The van der Waals surface area contributed by atoms with Crippen molar-refractivity contribution in [2.75, 3.05) is 6.54 Å². The van der Waals surface area contributed by atoms with Crippen LogP contribution >= 0.6 is 23.2 Å². The van der Waals surface area contributed by atoms with Crippen molar-refractivity contribution < 1.29 is 8.42 Å². The van der Waals surface area contributed by atoms with Crippen LogP contribution < -0.4 is 0 Å². The van der Waals surface area contributed by atoms with Gasteiger partial charge in [-0.1, -0.05) is 29.3 Å². The molecule has 0 amide bonds. The van der Waals surface area contributed by atoms with E-state index >= 15 is 0 Å². The predicted octanol–water partition coefficient (Wildman–Crippen LogP) is 3.15. The number of halogens is 2. The number of nitrogens with one attached hydrogen (secondary N) is 1. The fourth-order valence-corrected chi connectivity index (χ4v) is 4.91. The molecular formula is C16H14Cl2N4O2S. The first-order chi connectivity index (χ1) is 11.9. The molecule has 2 aromatic heterocycles. The minimum absolute atomic E-state index is 0.111. The van der Waals surface area contributed by atoms with Crippen LogP contribution in [0.3, 0.4) is 0 Å². The Balaban J connectivity index is 1.60. The molecule has 25 heavy (non-hydrogen) atoms. The molecule has 1 aliphatic heterocycles. The highest BCUT2D eigenvalue weighted by molar-refractivity contribution is 7.88. The number of aromatic amines is 1. The number of H-pyrrole nitrogens is 1. The number of aromatic nitrogens is 3. The average Bonchev–Trinajstić information content (AvgIpc) is 3.06. The van der Waals surface area contributed by atoms with Crippen molar-refractivity contribution >= 4 is 44.3 Å². The van der Waals surface area contributed by atoms with Crippen LogP contribution in [-0.2, 0) is 28.7 Å². The van der Waals surface area contributed by atoms with Gasteiger partial charge in [-0.2, -0.15) is 9.40 Å². The van der Waals surface area contributed by atoms with Crippen LogP contribution in [0.15, 0.2) is 30.6 Å². The zero-order valence-corrected chi connectivity index (χ0v) is 15.4. The Morgan fingerprint density at radius 1 is 1.20 bits per heavy atom. The quantitative estimate of drug-likeness (QED) is 0.737. The smallest absolute Gasteiger partial charge is 0.218 e. The molecule has 0 unspecified atom stereocenters. The number of hydrogen-bond donors (Lipinski definition) is 1. The monoisotopic (exact) mass is 396 g/mol. The number of hydrogen-bond acceptors (Lipinski definition) is 4. The molecule has 1 aliphatic rings. The van der Waals surface area contributed by atoms with Crippen LogP contribution in [0.25, 0.3) is 11.0 Å². The molecule has 0 spiro atoms. The third kappa shape index (κ3) is 3.13. The van der Waals surface area contributed by atoms with Crippen molar-refractivity contribution in [2.45, 2.75) is 18.7 Å². The van der Waals surface area contributed by atoms with Crippen LogP contribution in [0, 0.1) is 0 Å². The molecule has 4 rings (SSSR count). The summed E-state index contributed by atoms with van der Waals surface area (Å²) in [5.74, 6) is -0.111. The summed E-state index contributed by atoms with van der Waals surface area (Å²) in [7, 11) is -3.47. The first kappa shape index (κ1) is 16.8. The summed E-state index contributed by atoms with van der Waals surface area (Å²) in [4.78, 5) is 4.30. The molecule has 9 heteroatoms. The number of rotatable bonds is 3. The van der Waals surface area contributed by atoms with Gasteiger partial charge in [0.2, 0.25) is 10.0 Å². The molecule has 0 fully saturated rings. The number of fused-ring (bicyclic) bond motifs is 3. The van der Waals surface area contributed by atoms with E-state index in [1.807, 2.05) is 0 Å². The summed E-state index contributed by atoms with van der Waals surface area (Å²) in [6.45, 7) is 0.744. The fraction of sp³-hybridized carbons (Fsp3) is 0.250. The van der Waals surface area contributed by atoms with E-state index in [4.69, 9.17) is 23.2 Å². The molecule has 0 saturated heterocycles. The molecule has 0 bridgehead atoms. The van der Waals surface area contributed by atoms with Crippen molar-refractivity contribution in [1.29, 1.82) is 0 Å². The van der Waals surface area contributed by atoms with Gasteiger partial charge in [0, 0.05) is 24.7 Å².